The molecule has 0 bridgehead atoms. The van der Waals surface area contributed by atoms with Gasteiger partial charge in [0, 0.05) is 11.1 Å². The largest absolute Gasteiger partial charge is 0.414 e. The molecule has 4 rings (SSSR count). The van der Waals surface area contributed by atoms with Crippen LogP contribution in [-0.2, 0) is 0 Å². The molecule has 0 saturated heterocycles. The fourth-order valence-electron chi connectivity index (χ4n) is 2.37. The predicted octanol–water partition coefficient (Wildman–Crippen LogP) is 5.65. The van der Waals surface area contributed by atoms with Crippen LogP contribution < -0.4 is 0 Å². The first-order valence-electron chi connectivity index (χ1n) is 7.00. The van der Waals surface area contributed by atoms with Crippen molar-refractivity contribution in [3.05, 3.63) is 39.4 Å². The van der Waals surface area contributed by atoms with Gasteiger partial charge in [0.05, 0.1) is 14.1 Å². The van der Waals surface area contributed by atoms with Gasteiger partial charge < -0.3 is 4.42 Å². The summed E-state index contributed by atoms with van der Waals surface area (Å²) >= 11 is 8.97. The molecule has 0 aliphatic rings. The smallest absolute Gasteiger partial charge is 0.258 e. The Morgan fingerprint density at radius 3 is 2.57 bits per heavy atom. The van der Waals surface area contributed by atoms with Crippen molar-refractivity contribution in [2.75, 3.05) is 0 Å². The summed E-state index contributed by atoms with van der Waals surface area (Å²) in [6.07, 6.45) is 0. The Bertz CT molecular complexity index is 1030. The van der Waals surface area contributed by atoms with Crippen molar-refractivity contribution in [2.24, 2.45) is 0 Å². The second-order valence-electron chi connectivity index (χ2n) is 5.32. The molecule has 0 unspecified atom stereocenters. The summed E-state index contributed by atoms with van der Waals surface area (Å²) in [5.41, 5.74) is 3.36. The number of hydrogen-bond donors (Lipinski definition) is 0. The Hall–Kier alpha value is -1.76. The molecule has 0 radical (unpaired) electrons. The van der Waals surface area contributed by atoms with E-state index in [1.807, 2.05) is 19.1 Å². The van der Waals surface area contributed by atoms with Gasteiger partial charge in [-0.15, -0.1) is 32.9 Å². The van der Waals surface area contributed by atoms with Crippen LogP contribution in [0.2, 0.25) is 4.34 Å². The quantitative estimate of drug-likeness (QED) is 0.462. The lowest BCUT2D eigenvalue weighted by atomic mass is 10.1. The number of nitrogens with zero attached hydrogens (tertiary/aromatic N) is 3. The third-order valence-electron chi connectivity index (χ3n) is 3.78. The molecule has 0 aliphatic heterocycles. The second kappa shape index (κ2) is 5.40. The Labute approximate surface area is 145 Å². The van der Waals surface area contributed by atoms with E-state index in [-0.39, 0.29) is 0 Å². The SMILES string of the molecule is Cc1cc2c(C)c(-c3nnc(-c4ccc(Cl)s4)o3)sc2nc1C. The molecule has 4 heterocycles. The summed E-state index contributed by atoms with van der Waals surface area (Å²) in [7, 11) is 0. The molecule has 0 saturated carbocycles. The van der Waals surface area contributed by atoms with Crippen molar-refractivity contribution < 1.29 is 4.42 Å². The summed E-state index contributed by atoms with van der Waals surface area (Å²) in [6, 6.07) is 5.88. The maximum Gasteiger partial charge on any atom is 0.258 e. The number of aromatic nitrogens is 3. The van der Waals surface area contributed by atoms with Crippen LogP contribution in [0.25, 0.3) is 31.8 Å². The number of pyridine rings is 1. The van der Waals surface area contributed by atoms with E-state index in [9.17, 15) is 0 Å². The number of halogens is 1. The van der Waals surface area contributed by atoms with E-state index in [1.54, 1.807) is 11.3 Å². The predicted molar refractivity (Wildman–Crippen MR) is 95.4 cm³/mol. The van der Waals surface area contributed by atoms with Gasteiger partial charge in [-0.1, -0.05) is 11.6 Å². The van der Waals surface area contributed by atoms with Gasteiger partial charge in [-0.3, -0.25) is 0 Å². The summed E-state index contributed by atoms with van der Waals surface area (Å²) in [5, 5.41) is 9.49. The van der Waals surface area contributed by atoms with Gasteiger partial charge in [-0.2, -0.15) is 0 Å². The number of fused-ring (bicyclic) bond motifs is 1. The minimum absolute atomic E-state index is 0.495. The van der Waals surface area contributed by atoms with Crippen molar-refractivity contribution in [2.45, 2.75) is 20.8 Å². The van der Waals surface area contributed by atoms with Gasteiger partial charge >= 0.3 is 0 Å². The molecule has 0 aromatic carbocycles. The fourth-order valence-corrected chi connectivity index (χ4v) is 4.47. The zero-order chi connectivity index (χ0) is 16.1. The van der Waals surface area contributed by atoms with Crippen molar-refractivity contribution in [3.8, 4) is 21.5 Å². The molecular weight excluding hydrogens is 350 g/mol. The van der Waals surface area contributed by atoms with Gasteiger partial charge in [-0.05, 0) is 50.1 Å². The van der Waals surface area contributed by atoms with Crippen LogP contribution in [0.5, 0.6) is 0 Å². The maximum absolute atomic E-state index is 5.96. The molecule has 4 aromatic rings. The second-order valence-corrected chi connectivity index (χ2v) is 8.03. The summed E-state index contributed by atoms with van der Waals surface area (Å²) in [5.74, 6) is 1.02. The van der Waals surface area contributed by atoms with E-state index in [4.69, 9.17) is 16.0 Å². The molecule has 0 amide bonds. The highest BCUT2D eigenvalue weighted by molar-refractivity contribution is 7.22. The van der Waals surface area contributed by atoms with Crippen molar-refractivity contribution in [1.82, 2.24) is 15.2 Å². The molecular formula is C16H12ClN3OS2. The molecule has 0 N–H and O–H groups in total. The van der Waals surface area contributed by atoms with Crippen LogP contribution >= 0.6 is 34.3 Å². The standard InChI is InChI=1S/C16H12ClN3OS2/c1-7-6-10-8(2)13(23-16(10)18-9(7)3)15-20-19-14(21-15)11-4-5-12(17)22-11/h4-6H,1-3H3. The van der Waals surface area contributed by atoms with Crippen LogP contribution in [0.15, 0.2) is 22.6 Å². The third kappa shape index (κ3) is 2.47. The number of aryl methyl sites for hydroxylation is 3. The Kier molecular flexibility index (Phi) is 3.48. The lowest BCUT2D eigenvalue weighted by Gasteiger charge is -1.98. The van der Waals surface area contributed by atoms with Crippen molar-refractivity contribution >= 4 is 44.5 Å². The van der Waals surface area contributed by atoms with Gasteiger partial charge in [0.25, 0.3) is 11.8 Å². The van der Waals surface area contributed by atoms with E-state index >= 15 is 0 Å². The van der Waals surface area contributed by atoms with Gasteiger partial charge in [0.15, 0.2) is 0 Å². The molecule has 0 atom stereocenters. The van der Waals surface area contributed by atoms with Gasteiger partial charge in [0.1, 0.15) is 4.83 Å². The average molecular weight is 362 g/mol. The monoisotopic (exact) mass is 361 g/mol. The molecule has 4 aromatic heterocycles. The average Bonchev–Trinajstić information content (AvgIpc) is 3.21. The number of rotatable bonds is 2. The molecule has 0 spiro atoms. The first-order chi connectivity index (χ1) is 11.0. The van der Waals surface area contributed by atoms with Crippen molar-refractivity contribution in [1.29, 1.82) is 0 Å². The van der Waals surface area contributed by atoms with Crippen LogP contribution in [-0.4, -0.2) is 15.2 Å². The van der Waals surface area contributed by atoms with Gasteiger partial charge in [0.2, 0.25) is 0 Å². The van der Waals surface area contributed by atoms with E-state index < -0.39 is 0 Å². The van der Waals surface area contributed by atoms with E-state index in [0.717, 1.165) is 31.2 Å². The lowest BCUT2D eigenvalue weighted by molar-refractivity contribution is 0.587. The highest BCUT2D eigenvalue weighted by atomic mass is 35.5. The first kappa shape index (κ1) is 14.8. The highest BCUT2D eigenvalue weighted by Gasteiger charge is 2.19. The van der Waals surface area contributed by atoms with Crippen molar-refractivity contribution in [3.63, 3.8) is 0 Å². The molecule has 4 nitrogen and oxygen atoms in total. The molecule has 116 valence electrons. The van der Waals surface area contributed by atoms with E-state index in [2.05, 4.69) is 35.1 Å². The first-order valence-corrected chi connectivity index (χ1v) is 9.01. The maximum atomic E-state index is 5.96. The fraction of sp³-hybridized carbons (Fsp3) is 0.188. The minimum atomic E-state index is 0.495. The minimum Gasteiger partial charge on any atom is -0.414 e. The molecule has 0 fully saturated rings. The molecule has 0 aliphatic carbocycles. The Morgan fingerprint density at radius 1 is 1.04 bits per heavy atom. The number of hydrogen-bond acceptors (Lipinski definition) is 6. The normalized spacial score (nSPS) is 11.5. The molecule has 23 heavy (non-hydrogen) atoms. The summed E-state index contributed by atoms with van der Waals surface area (Å²) in [6.45, 7) is 6.16. The van der Waals surface area contributed by atoms with Crippen LogP contribution in [0, 0.1) is 20.8 Å². The Morgan fingerprint density at radius 2 is 1.83 bits per heavy atom. The lowest BCUT2D eigenvalue weighted by Crippen LogP contribution is -1.85. The van der Waals surface area contributed by atoms with Crippen LogP contribution in [0.3, 0.4) is 0 Å². The van der Waals surface area contributed by atoms with Crippen LogP contribution in [0.4, 0.5) is 0 Å². The Balaban J connectivity index is 1.83. The van der Waals surface area contributed by atoms with Gasteiger partial charge in [-0.25, -0.2) is 4.98 Å². The molecule has 7 heteroatoms. The highest BCUT2D eigenvalue weighted by Crippen LogP contribution is 2.39. The summed E-state index contributed by atoms with van der Waals surface area (Å²) in [4.78, 5) is 7.51. The number of thiophene rings is 2. The third-order valence-corrected chi connectivity index (χ3v) is 6.19. The topological polar surface area (TPSA) is 51.8 Å². The zero-order valence-corrected chi connectivity index (χ0v) is 15.1. The summed E-state index contributed by atoms with van der Waals surface area (Å²) < 4.78 is 6.55. The van der Waals surface area contributed by atoms with E-state index in [1.165, 1.54) is 16.9 Å². The zero-order valence-electron chi connectivity index (χ0n) is 12.7. The van der Waals surface area contributed by atoms with E-state index in [0.29, 0.717) is 16.1 Å². The van der Waals surface area contributed by atoms with Crippen LogP contribution in [0.1, 0.15) is 16.8 Å².